The van der Waals surface area contributed by atoms with E-state index < -0.39 is 6.10 Å². The molecule has 0 bridgehead atoms. The van der Waals surface area contributed by atoms with E-state index in [2.05, 4.69) is 0 Å². The number of benzene rings is 1. The Morgan fingerprint density at radius 3 is 2.94 bits per heavy atom. The van der Waals surface area contributed by atoms with Gasteiger partial charge in [-0.15, -0.1) is 0 Å². The van der Waals surface area contributed by atoms with Crippen molar-refractivity contribution in [3.8, 4) is 0 Å². The van der Waals surface area contributed by atoms with Crippen molar-refractivity contribution in [3.05, 3.63) is 34.6 Å². The molecule has 5 heteroatoms. The molecular formula is C12H15NO3S. The molecule has 2 rings (SSSR count). The molecule has 1 atom stereocenters. The number of methoxy groups -OCH3 is 1. The summed E-state index contributed by atoms with van der Waals surface area (Å²) >= 11 is 1.44. The third-order valence-corrected chi connectivity index (χ3v) is 3.70. The van der Waals surface area contributed by atoms with E-state index in [1.54, 1.807) is 11.1 Å². The van der Waals surface area contributed by atoms with Gasteiger partial charge in [-0.05, 0) is 18.6 Å². The second-order valence-corrected chi connectivity index (χ2v) is 4.96. The highest BCUT2D eigenvalue weighted by atomic mass is 32.1. The summed E-state index contributed by atoms with van der Waals surface area (Å²) < 4.78 is 7.52. The summed E-state index contributed by atoms with van der Waals surface area (Å²) in [6.45, 7) is 0.836. The zero-order chi connectivity index (χ0) is 12.3. The lowest BCUT2D eigenvalue weighted by Crippen LogP contribution is -2.20. The van der Waals surface area contributed by atoms with Crippen LogP contribution in [0.5, 0.6) is 0 Å². The molecule has 0 amide bonds. The van der Waals surface area contributed by atoms with Gasteiger partial charge >= 0.3 is 0 Å². The second kappa shape index (κ2) is 5.44. The standard InChI is InChI=1S/C12H15NO3S/c1-16-8-9(14)6-7-13-12(15)10-4-2-3-5-11(10)17-13/h2-5,9,14H,6-8H2,1H3. The van der Waals surface area contributed by atoms with E-state index in [4.69, 9.17) is 4.74 Å². The highest BCUT2D eigenvalue weighted by Gasteiger charge is 2.09. The number of fused-ring (bicyclic) bond motifs is 1. The van der Waals surface area contributed by atoms with Crippen molar-refractivity contribution in [2.45, 2.75) is 19.1 Å². The van der Waals surface area contributed by atoms with Crippen molar-refractivity contribution < 1.29 is 9.84 Å². The number of hydrogen-bond acceptors (Lipinski definition) is 4. The summed E-state index contributed by atoms with van der Waals surface area (Å²) in [5, 5.41) is 10.3. The molecule has 1 unspecified atom stereocenters. The summed E-state index contributed by atoms with van der Waals surface area (Å²) in [7, 11) is 1.55. The van der Waals surface area contributed by atoms with Crippen LogP contribution < -0.4 is 5.56 Å². The Labute approximate surface area is 103 Å². The quantitative estimate of drug-likeness (QED) is 0.877. The van der Waals surface area contributed by atoms with Gasteiger partial charge in [0.1, 0.15) is 0 Å². The summed E-state index contributed by atoms with van der Waals surface area (Å²) in [5.74, 6) is 0. The van der Waals surface area contributed by atoms with Crippen molar-refractivity contribution in [1.82, 2.24) is 3.96 Å². The minimum atomic E-state index is -0.517. The number of aliphatic hydroxyl groups excluding tert-OH is 1. The van der Waals surface area contributed by atoms with E-state index in [1.807, 2.05) is 24.3 Å². The number of nitrogens with zero attached hydrogens (tertiary/aromatic N) is 1. The van der Waals surface area contributed by atoms with Crippen LogP contribution >= 0.6 is 11.5 Å². The zero-order valence-corrected chi connectivity index (χ0v) is 10.4. The molecule has 92 valence electrons. The molecule has 0 radical (unpaired) electrons. The lowest BCUT2D eigenvalue weighted by Gasteiger charge is -2.08. The van der Waals surface area contributed by atoms with Crippen LogP contribution in [-0.4, -0.2) is 28.9 Å². The van der Waals surface area contributed by atoms with Gasteiger partial charge in [-0.1, -0.05) is 23.7 Å². The molecule has 0 fully saturated rings. The smallest absolute Gasteiger partial charge is 0.268 e. The van der Waals surface area contributed by atoms with Crippen LogP contribution in [0.3, 0.4) is 0 Å². The zero-order valence-electron chi connectivity index (χ0n) is 9.63. The number of ether oxygens (including phenoxy) is 1. The van der Waals surface area contributed by atoms with Gasteiger partial charge in [0.05, 0.1) is 22.8 Å². The average molecular weight is 253 g/mol. The first-order chi connectivity index (χ1) is 8.22. The molecule has 17 heavy (non-hydrogen) atoms. The molecule has 0 spiro atoms. The van der Waals surface area contributed by atoms with Crippen molar-refractivity contribution in [3.63, 3.8) is 0 Å². The molecule has 4 nitrogen and oxygen atoms in total. The Morgan fingerprint density at radius 2 is 2.24 bits per heavy atom. The first-order valence-corrected chi connectivity index (χ1v) is 6.25. The normalized spacial score (nSPS) is 13.1. The lowest BCUT2D eigenvalue weighted by molar-refractivity contribution is 0.0569. The Bertz CT molecular complexity index is 546. The Kier molecular flexibility index (Phi) is 3.93. The molecule has 0 aliphatic rings. The molecule has 1 heterocycles. The molecular weight excluding hydrogens is 238 g/mol. The molecule has 1 N–H and O–H groups in total. The van der Waals surface area contributed by atoms with Crippen LogP contribution in [0.15, 0.2) is 29.1 Å². The number of hydrogen-bond donors (Lipinski definition) is 1. The van der Waals surface area contributed by atoms with Gasteiger partial charge in [-0.25, -0.2) is 0 Å². The first kappa shape index (κ1) is 12.3. The van der Waals surface area contributed by atoms with E-state index in [0.717, 1.165) is 10.1 Å². The van der Waals surface area contributed by atoms with Gasteiger partial charge in [-0.2, -0.15) is 0 Å². The minimum Gasteiger partial charge on any atom is -0.391 e. The SMILES string of the molecule is COCC(O)CCn1sc2ccccc2c1=O. The van der Waals surface area contributed by atoms with E-state index in [9.17, 15) is 9.90 Å². The van der Waals surface area contributed by atoms with Crippen molar-refractivity contribution in [1.29, 1.82) is 0 Å². The predicted octanol–water partition coefficient (Wildman–Crippen LogP) is 1.46. The third kappa shape index (κ3) is 2.74. The first-order valence-electron chi connectivity index (χ1n) is 5.48. The number of aryl methyl sites for hydroxylation is 1. The Balaban J connectivity index is 2.14. The van der Waals surface area contributed by atoms with E-state index in [0.29, 0.717) is 19.6 Å². The van der Waals surface area contributed by atoms with E-state index >= 15 is 0 Å². The van der Waals surface area contributed by atoms with E-state index in [1.165, 1.54) is 11.5 Å². The fourth-order valence-electron chi connectivity index (χ4n) is 1.71. The Morgan fingerprint density at radius 1 is 1.47 bits per heavy atom. The Hall–Kier alpha value is -1.17. The maximum Gasteiger partial charge on any atom is 0.268 e. The summed E-state index contributed by atoms with van der Waals surface area (Å²) in [6, 6.07) is 7.54. The van der Waals surface area contributed by atoms with Crippen molar-refractivity contribution >= 4 is 21.6 Å². The van der Waals surface area contributed by atoms with E-state index in [-0.39, 0.29) is 5.56 Å². The fraction of sp³-hybridized carbons (Fsp3) is 0.417. The molecule has 1 aromatic carbocycles. The van der Waals surface area contributed by atoms with Crippen LogP contribution in [0, 0.1) is 0 Å². The van der Waals surface area contributed by atoms with Crippen molar-refractivity contribution in [2.75, 3.05) is 13.7 Å². The number of aliphatic hydroxyl groups is 1. The van der Waals surface area contributed by atoms with Crippen LogP contribution in [0.25, 0.3) is 10.1 Å². The topological polar surface area (TPSA) is 51.5 Å². The maximum absolute atomic E-state index is 12.0. The van der Waals surface area contributed by atoms with Crippen LogP contribution in [0.4, 0.5) is 0 Å². The molecule has 0 saturated heterocycles. The molecule has 2 aromatic rings. The van der Waals surface area contributed by atoms with Gasteiger partial charge in [0.25, 0.3) is 5.56 Å². The molecule has 0 saturated carbocycles. The lowest BCUT2D eigenvalue weighted by atomic mass is 10.2. The van der Waals surface area contributed by atoms with Crippen LogP contribution in [0.2, 0.25) is 0 Å². The van der Waals surface area contributed by atoms with Gasteiger partial charge in [0.2, 0.25) is 0 Å². The fourth-order valence-corrected chi connectivity index (χ4v) is 2.72. The minimum absolute atomic E-state index is 0.0233. The third-order valence-electron chi connectivity index (χ3n) is 2.58. The van der Waals surface area contributed by atoms with Crippen LogP contribution in [-0.2, 0) is 11.3 Å². The highest BCUT2D eigenvalue weighted by molar-refractivity contribution is 7.13. The molecule has 1 aromatic heterocycles. The summed E-state index contributed by atoms with van der Waals surface area (Å²) in [6.07, 6.45) is 0.0118. The maximum atomic E-state index is 12.0. The molecule has 0 aliphatic carbocycles. The summed E-state index contributed by atoms with van der Waals surface area (Å²) in [4.78, 5) is 12.0. The van der Waals surface area contributed by atoms with Gasteiger partial charge in [-0.3, -0.25) is 8.75 Å². The highest BCUT2D eigenvalue weighted by Crippen LogP contribution is 2.16. The summed E-state index contributed by atoms with van der Waals surface area (Å²) in [5.41, 5.74) is 0.0233. The van der Waals surface area contributed by atoms with Crippen molar-refractivity contribution in [2.24, 2.45) is 0 Å². The van der Waals surface area contributed by atoms with Gasteiger partial charge in [0, 0.05) is 13.7 Å². The predicted molar refractivity (Wildman–Crippen MR) is 68.6 cm³/mol. The van der Waals surface area contributed by atoms with Crippen LogP contribution in [0.1, 0.15) is 6.42 Å². The monoisotopic (exact) mass is 253 g/mol. The largest absolute Gasteiger partial charge is 0.391 e. The average Bonchev–Trinajstić information content (AvgIpc) is 2.65. The van der Waals surface area contributed by atoms with Gasteiger partial charge in [0.15, 0.2) is 0 Å². The number of rotatable bonds is 5. The van der Waals surface area contributed by atoms with Gasteiger partial charge < -0.3 is 9.84 Å². The molecule has 0 aliphatic heterocycles. The number of aromatic nitrogens is 1. The second-order valence-electron chi connectivity index (χ2n) is 3.89.